The van der Waals surface area contributed by atoms with Crippen molar-refractivity contribution in [2.45, 2.75) is 39.7 Å². The first-order valence-electron chi connectivity index (χ1n) is 7.52. The number of aliphatic hydroxyl groups excluding tert-OH is 1. The van der Waals surface area contributed by atoms with Gasteiger partial charge in [0.15, 0.2) is 0 Å². The normalized spacial score (nSPS) is 23.5. The van der Waals surface area contributed by atoms with E-state index in [1.165, 1.54) is 11.1 Å². The molecule has 0 bridgehead atoms. The van der Waals surface area contributed by atoms with E-state index in [-0.39, 0.29) is 6.61 Å². The van der Waals surface area contributed by atoms with Gasteiger partial charge in [-0.1, -0.05) is 11.6 Å². The van der Waals surface area contributed by atoms with Crippen LogP contribution in [0.5, 0.6) is 0 Å². The number of likely N-dealkylation sites (tertiary alicyclic amines) is 1. The molecule has 1 aliphatic heterocycles. The molecule has 1 fully saturated rings. The van der Waals surface area contributed by atoms with Gasteiger partial charge in [-0.2, -0.15) is 5.10 Å². The van der Waals surface area contributed by atoms with Crippen LogP contribution in [0.15, 0.2) is 24.0 Å². The minimum absolute atomic E-state index is 0.253. The summed E-state index contributed by atoms with van der Waals surface area (Å²) in [5.74, 6) is 0.725. The summed E-state index contributed by atoms with van der Waals surface area (Å²) in [5, 5.41) is 14.1. The van der Waals surface area contributed by atoms with Crippen molar-refractivity contribution in [2.24, 2.45) is 5.92 Å². The molecule has 0 aromatic carbocycles. The van der Waals surface area contributed by atoms with Crippen LogP contribution in [-0.2, 0) is 0 Å². The van der Waals surface area contributed by atoms with E-state index < -0.39 is 0 Å². The van der Waals surface area contributed by atoms with Crippen molar-refractivity contribution in [3.63, 3.8) is 0 Å². The smallest absolute Gasteiger partial charge is 0.0525 e. The summed E-state index contributed by atoms with van der Waals surface area (Å²) in [7, 11) is 0. The molecule has 1 saturated heterocycles. The van der Waals surface area contributed by atoms with Gasteiger partial charge in [0, 0.05) is 50.3 Å². The van der Waals surface area contributed by atoms with Crippen LogP contribution in [-0.4, -0.2) is 46.0 Å². The first kappa shape index (κ1) is 15.3. The van der Waals surface area contributed by atoms with Gasteiger partial charge < -0.3 is 5.11 Å². The molecule has 0 radical (unpaired) electrons. The molecule has 4 heteroatoms. The Labute approximate surface area is 122 Å². The van der Waals surface area contributed by atoms with E-state index in [0.29, 0.717) is 17.9 Å². The van der Waals surface area contributed by atoms with Crippen molar-refractivity contribution in [2.75, 3.05) is 26.2 Å². The zero-order valence-corrected chi connectivity index (χ0v) is 13.1. The van der Waals surface area contributed by atoms with Crippen molar-refractivity contribution in [1.82, 2.24) is 14.7 Å². The third-order valence-corrected chi connectivity index (χ3v) is 4.09. The van der Waals surface area contributed by atoms with E-state index in [0.717, 1.165) is 19.6 Å². The van der Waals surface area contributed by atoms with Gasteiger partial charge in [0.25, 0.3) is 0 Å². The fraction of sp³-hybridized carbons (Fsp3) is 0.688. The van der Waals surface area contributed by atoms with Gasteiger partial charge in [-0.3, -0.25) is 9.58 Å². The molecule has 1 N–H and O–H groups in total. The maximum absolute atomic E-state index is 9.64. The highest BCUT2D eigenvalue weighted by atomic mass is 16.3. The van der Waals surface area contributed by atoms with Crippen LogP contribution < -0.4 is 0 Å². The maximum atomic E-state index is 9.64. The second-order valence-corrected chi connectivity index (χ2v) is 6.40. The summed E-state index contributed by atoms with van der Waals surface area (Å²) in [6.45, 7) is 11.7. The summed E-state index contributed by atoms with van der Waals surface area (Å²) < 4.78 is 2.00. The van der Waals surface area contributed by atoms with Crippen molar-refractivity contribution in [1.29, 1.82) is 0 Å². The molecule has 0 aliphatic carbocycles. The van der Waals surface area contributed by atoms with E-state index >= 15 is 0 Å². The molecule has 1 aliphatic rings. The molecule has 1 aromatic rings. The molecule has 2 rings (SSSR count). The molecule has 0 saturated carbocycles. The molecule has 112 valence electrons. The molecule has 0 unspecified atom stereocenters. The summed E-state index contributed by atoms with van der Waals surface area (Å²) in [6.07, 6.45) is 6.37. The van der Waals surface area contributed by atoms with Crippen LogP contribution in [0.2, 0.25) is 0 Å². The first-order chi connectivity index (χ1) is 9.51. The number of hydrogen-bond donors (Lipinski definition) is 1. The van der Waals surface area contributed by atoms with Crippen molar-refractivity contribution < 1.29 is 5.11 Å². The molecule has 0 spiro atoms. The van der Waals surface area contributed by atoms with E-state index in [1.807, 2.05) is 10.9 Å². The van der Waals surface area contributed by atoms with E-state index in [9.17, 15) is 5.11 Å². The Kier molecular flexibility index (Phi) is 5.00. The summed E-state index contributed by atoms with van der Waals surface area (Å²) in [4.78, 5) is 2.42. The quantitative estimate of drug-likeness (QED) is 0.841. The second-order valence-electron chi connectivity index (χ2n) is 6.40. The fourth-order valence-corrected chi connectivity index (χ4v) is 2.81. The van der Waals surface area contributed by atoms with Crippen LogP contribution in [0.1, 0.15) is 45.2 Å². The first-order valence-corrected chi connectivity index (χ1v) is 7.52. The molecular weight excluding hydrogens is 250 g/mol. The molecule has 4 nitrogen and oxygen atoms in total. The van der Waals surface area contributed by atoms with Gasteiger partial charge in [-0.25, -0.2) is 0 Å². The Morgan fingerprint density at radius 3 is 2.75 bits per heavy atom. The molecule has 0 amide bonds. The van der Waals surface area contributed by atoms with Crippen LogP contribution in [0.4, 0.5) is 0 Å². The molecule has 2 atom stereocenters. The predicted molar refractivity (Wildman–Crippen MR) is 81.8 cm³/mol. The van der Waals surface area contributed by atoms with Crippen LogP contribution in [0.3, 0.4) is 0 Å². The lowest BCUT2D eigenvalue weighted by Gasteiger charge is -2.14. The highest BCUT2D eigenvalue weighted by Gasteiger charge is 2.33. The number of hydrogen-bond acceptors (Lipinski definition) is 3. The highest BCUT2D eigenvalue weighted by Crippen LogP contribution is 2.32. The number of aromatic nitrogens is 2. The molecular formula is C16H27N3O. The monoisotopic (exact) mass is 277 g/mol. The van der Waals surface area contributed by atoms with Gasteiger partial charge in [0.05, 0.1) is 6.20 Å². The lowest BCUT2D eigenvalue weighted by Crippen LogP contribution is -2.21. The van der Waals surface area contributed by atoms with Gasteiger partial charge in [0.2, 0.25) is 0 Å². The molecule has 20 heavy (non-hydrogen) atoms. The Bertz CT molecular complexity index is 460. The lowest BCUT2D eigenvalue weighted by atomic mass is 9.92. The lowest BCUT2D eigenvalue weighted by molar-refractivity contribution is 0.217. The molecule has 2 heterocycles. The van der Waals surface area contributed by atoms with Gasteiger partial charge >= 0.3 is 0 Å². The Balaban J connectivity index is 2.07. The van der Waals surface area contributed by atoms with Crippen molar-refractivity contribution in [3.05, 3.63) is 29.6 Å². The summed E-state index contributed by atoms with van der Waals surface area (Å²) in [6, 6.07) is 0.388. The van der Waals surface area contributed by atoms with Gasteiger partial charge in [0.1, 0.15) is 0 Å². The summed E-state index contributed by atoms with van der Waals surface area (Å²) in [5.41, 5.74) is 2.61. The Hall–Kier alpha value is -1.13. The maximum Gasteiger partial charge on any atom is 0.0525 e. The summed E-state index contributed by atoms with van der Waals surface area (Å²) >= 11 is 0. The fourth-order valence-electron chi connectivity index (χ4n) is 2.81. The van der Waals surface area contributed by atoms with Crippen LogP contribution in [0.25, 0.3) is 0 Å². The van der Waals surface area contributed by atoms with Crippen LogP contribution >= 0.6 is 0 Å². The van der Waals surface area contributed by atoms with Crippen molar-refractivity contribution in [3.8, 4) is 0 Å². The molecule has 1 aromatic heterocycles. The Morgan fingerprint density at radius 1 is 1.45 bits per heavy atom. The highest BCUT2D eigenvalue weighted by molar-refractivity contribution is 5.17. The van der Waals surface area contributed by atoms with Crippen molar-refractivity contribution >= 4 is 0 Å². The third-order valence-electron chi connectivity index (χ3n) is 4.09. The SMILES string of the molecule is CC(C)=CCN1C[C@@H](CO)[C@H](c2cnn(C(C)C)c2)C1. The average molecular weight is 277 g/mol. The Morgan fingerprint density at radius 2 is 2.20 bits per heavy atom. The standard InChI is InChI=1S/C16H27N3O/c1-12(2)5-6-18-8-15(11-20)16(10-18)14-7-17-19(9-14)13(3)4/h5,7,9,13,15-16,20H,6,8,10-11H2,1-4H3/t15-,16-/m0/s1. The van der Waals surface area contributed by atoms with Gasteiger partial charge in [-0.15, -0.1) is 0 Å². The minimum Gasteiger partial charge on any atom is -0.396 e. The zero-order valence-electron chi connectivity index (χ0n) is 13.1. The average Bonchev–Trinajstić information content (AvgIpc) is 3.02. The zero-order chi connectivity index (χ0) is 14.7. The third kappa shape index (κ3) is 3.49. The number of aliphatic hydroxyl groups is 1. The topological polar surface area (TPSA) is 41.3 Å². The number of rotatable bonds is 5. The number of nitrogens with zero attached hydrogens (tertiary/aromatic N) is 3. The van der Waals surface area contributed by atoms with E-state index in [2.05, 4.69) is 50.0 Å². The van der Waals surface area contributed by atoms with Gasteiger partial charge in [-0.05, 0) is 33.3 Å². The number of allylic oxidation sites excluding steroid dienone is 1. The second kappa shape index (κ2) is 6.55. The van der Waals surface area contributed by atoms with E-state index in [1.54, 1.807) is 0 Å². The van der Waals surface area contributed by atoms with Crippen LogP contribution in [0, 0.1) is 5.92 Å². The predicted octanol–water partition coefficient (Wildman–Crippen LogP) is 2.44. The largest absolute Gasteiger partial charge is 0.396 e. The van der Waals surface area contributed by atoms with E-state index in [4.69, 9.17) is 0 Å². The minimum atomic E-state index is 0.253.